The fraction of sp³-hybridized carbons (Fsp3) is 0.520. The molecule has 34 heavy (non-hydrogen) atoms. The zero-order chi connectivity index (χ0) is 24.3. The smallest absolute Gasteiger partial charge is 0.319 e. The maximum Gasteiger partial charge on any atom is 0.319 e. The highest BCUT2D eigenvalue weighted by Crippen LogP contribution is 2.36. The van der Waals surface area contributed by atoms with Crippen LogP contribution in [0.2, 0.25) is 0 Å². The van der Waals surface area contributed by atoms with Crippen molar-refractivity contribution < 1.29 is 13.2 Å². The van der Waals surface area contributed by atoms with Gasteiger partial charge in [-0.15, -0.1) is 0 Å². The summed E-state index contributed by atoms with van der Waals surface area (Å²) in [4.78, 5) is 19.2. The number of carbonyl (C=O) groups is 1. The normalized spacial score (nSPS) is 17.6. The van der Waals surface area contributed by atoms with Gasteiger partial charge in [0, 0.05) is 42.2 Å². The second-order valence-corrected chi connectivity index (χ2v) is 11.3. The summed E-state index contributed by atoms with van der Waals surface area (Å²) in [5, 5.41) is 5.77. The minimum Gasteiger partial charge on any atom is -0.337 e. The van der Waals surface area contributed by atoms with E-state index < -0.39 is 10.0 Å². The first-order valence-electron chi connectivity index (χ1n) is 12.0. The number of pyridine rings is 1. The number of piperidine rings is 1. The van der Waals surface area contributed by atoms with Gasteiger partial charge < -0.3 is 15.5 Å². The van der Waals surface area contributed by atoms with E-state index in [2.05, 4.69) is 20.5 Å². The third-order valence-electron chi connectivity index (χ3n) is 6.47. The van der Waals surface area contributed by atoms with Crippen LogP contribution >= 0.6 is 0 Å². The molecule has 9 heteroatoms. The Bertz CT molecular complexity index is 1090. The van der Waals surface area contributed by atoms with Crippen LogP contribution in [0.4, 0.5) is 10.5 Å². The highest BCUT2D eigenvalue weighted by Gasteiger charge is 2.43. The van der Waals surface area contributed by atoms with Crippen molar-refractivity contribution in [1.29, 1.82) is 0 Å². The fourth-order valence-electron chi connectivity index (χ4n) is 4.66. The standard InChI is InChI=1S/C25H35N5O3S/c1-18-4-8-24(9-5-18)34(32,33)30(22-6-7-22)23-10-13-29(14-11-23)15-12-26-25(31)28-21-16-19(2)27-20(3)17-21/h4-5,8-9,16-17,22-23H,6-7,10-15H2,1-3H3,(H2,26,27,28,31). The predicted octanol–water partition coefficient (Wildman–Crippen LogP) is 3.45. The lowest BCUT2D eigenvalue weighted by Crippen LogP contribution is -2.49. The Labute approximate surface area is 202 Å². The minimum atomic E-state index is -3.49. The molecule has 8 nitrogen and oxygen atoms in total. The monoisotopic (exact) mass is 485 g/mol. The lowest BCUT2D eigenvalue weighted by molar-refractivity contribution is 0.156. The van der Waals surface area contributed by atoms with Crippen molar-refractivity contribution in [2.75, 3.05) is 31.5 Å². The molecule has 1 saturated heterocycles. The van der Waals surface area contributed by atoms with Crippen molar-refractivity contribution in [3.8, 4) is 0 Å². The second kappa shape index (κ2) is 10.4. The van der Waals surface area contributed by atoms with Gasteiger partial charge in [0.25, 0.3) is 0 Å². The van der Waals surface area contributed by atoms with E-state index in [1.807, 2.05) is 45.0 Å². The topological polar surface area (TPSA) is 94.6 Å². The van der Waals surface area contributed by atoms with Gasteiger partial charge in [-0.1, -0.05) is 17.7 Å². The number of aryl methyl sites for hydroxylation is 3. The van der Waals surface area contributed by atoms with Crippen LogP contribution in [0.25, 0.3) is 0 Å². The van der Waals surface area contributed by atoms with Crippen LogP contribution in [-0.2, 0) is 10.0 Å². The van der Waals surface area contributed by atoms with Crippen LogP contribution in [0.1, 0.15) is 42.6 Å². The van der Waals surface area contributed by atoms with E-state index in [-0.39, 0.29) is 18.1 Å². The quantitative estimate of drug-likeness (QED) is 0.597. The highest BCUT2D eigenvalue weighted by atomic mass is 32.2. The van der Waals surface area contributed by atoms with Crippen molar-refractivity contribution in [3.63, 3.8) is 0 Å². The van der Waals surface area contributed by atoms with E-state index >= 15 is 0 Å². The zero-order valence-electron chi connectivity index (χ0n) is 20.3. The summed E-state index contributed by atoms with van der Waals surface area (Å²) in [5.41, 5.74) is 3.52. The van der Waals surface area contributed by atoms with Gasteiger partial charge in [-0.3, -0.25) is 4.98 Å². The van der Waals surface area contributed by atoms with Gasteiger partial charge in [-0.25, -0.2) is 13.2 Å². The molecule has 4 rings (SSSR count). The average Bonchev–Trinajstić information content (AvgIpc) is 3.59. The van der Waals surface area contributed by atoms with Gasteiger partial charge in [-0.2, -0.15) is 4.31 Å². The highest BCUT2D eigenvalue weighted by molar-refractivity contribution is 7.89. The van der Waals surface area contributed by atoms with Crippen molar-refractivity contribution in [1.82, 2.24) is 19.5 Å². The van der Waals surface area contributed by atoms with Gasteiger partial charge in [-0.05, 0) is 83.8 Å². The largest absolute Gasteiger partial charge is 0.337 e. The number of rotatable bonds is 8. The van der Waals surface area contributed by atoms with Crippen molar-refractivity contribution in [2.45, 2.75) is 63.4 Å². The van der Waals surface area contributed by atoms with E-state index in [4.69, 9.17) is 0 Å². The molecular weight excluding hydrogens is 450 g/mol. The molecule has 2 aromatic rings. The molecule has 1 aromatic heterocycles. The molecule has 2 aliphatic rings. The maximum absolute atomic E-state index is 13.4. The Morgan fingerprint density at radius 2 is 1.59 bits per heavy atom. The molecule has 0 unspecified atom stereocenters. The number of amides is 2. The molecule has 2 fully saturated rings. The molecule has 1 aromatic carbocycles. The van der Waals surface area contributed by atoms with Crippen LogP contribution < -0.4 is 10.6 Å². The SMILES string of the molecule is Cc1ccc(S(=O)(=O)N(C2CC2)C2CCN(CCNC(=O)Nc3cc(C)nc(C)c3)CC2)cc1. The van der Waals surface area contributed by atoms with Crippen molar-refractivity contribution in [3.05, 3.63) is 53.3 Å². The van der Waals surface area contributed by atoms with Crippen LogP contribution in [-0.4, -0.2) is 66.9 Å². The summed E-state index contributed by atoms with van der Waals surface area (Å²) in [6.07, 6.45) is 3.51. The predicted molar refractivity (Wildman–Crippen MR) is 133 cm³/mol. The first-order chi connectivity index (χ1) is 16.2. The number of hydrogen-bond acceptors (Lipinski definition) is 5. The minimum absolute atomic E-state index is 0.0319. The molecular formula is C25H35N5O3S. The third-order valence-corrected chi connectivity index (χ3v) is 8.49. The Balaban J connectivity index is 1.26. The zero-order valence-corrected chi connectivity index (χ0v) is 21.1. The summed E-state index contributed by atoms with van der Waals surface area (Å²) in [7, 11) is -3.49. The summed E-state index contributed by atoms with van der Waals surface area (Å²) in [5.74, 6) is 0. The summed E-state index contributed by atoms with van der Waals surface area (Å²) >= 11 is 0. The Kier molecular flexibility index (Phi) is 7.54. The number of carbonyl (C=O) groups excluding carboxylic acids is 1. The number of sulfonamides is 1. The van der Waals surface area contributed by atoms with Crippen molar-refractivity contribution >= 4 is 21.7 Å². The number of nitrogens with one attached hydrogen (secondary N) is 2. The number of urea groups is 1. The van der Waals surface area contributed by atoms with Crippen molar-refractivity contribution in [2.24, 2.45) is 0 Å². The molecule has 0 bridgehead atoms. The van der Waals surface area contributed by atoms with Gasteiger partial charge in [0.15, 0.2) is 0 Å². The fourth-order valence-corrected chi connectivity index (χ4v) is 6.59. The molecule has 2 amide bonds. The second-order valence-electron chi connectivity index (χ2n) is 9.47. The number of anilines is 1. The lowest BCUT2D eigenvalue weighted by Gasteiger charge is -2.38. The number of aromatic nitrogens is 1. The van der Waals surface area contributed by atoms with E-state index in [1.54, 1.807) is 16.4 Å². The molecule has 1 aliphatic heterocycles. The molecule has 1 saturated carbocycles. The average molecular weight is 486 g/mol. The first kappa shape index (κ1) is 24.6. The first-order valence-corrected chi connectivity index (χ1v) is 13.5. The van der Waals surface area contributed by atoms with Crippen LogP contribution in [0, 0.1) is 20.8 Å². The van der Waals surface area contributed by atoms with E-state index in [1.165, 1.54) is 0 Å². The Morgan fingerprint density at radius 1 is 1.00 bits per heavy atom. The Morgan fingerprint density at radius 3 is 2.18 bits per heavy atom. The molecule has 0 radical (unpaired) electrons. The van der Waals surface area contributed by atoms with E-state index in [9.17, 15) is 13.2 Å². The molecule has 2 heterocycles. The number of benzene rings is 1. The molecule has 2 N–H and O–H groups in total. The van der Waals surface area contributed by atoms with Gasteiger partial charge in [0.2, 0.25) is 10.0 Å². The number of nitrogens with zero attached hydrogens (tertiary/aromatic N) is 3. The molecule has 0 atom stereocenters. The molecule has 184 valence electrons. The maximum atomic E-state index is 13.4. The molecule has 1 aliphatic carbocycles. The van der Waals surface area contributed by atoms with E-state index in [0.717, 1.165) is 68.0 Å². The Hall–Kier alpha value is -2.49. The van der Waals surface area contributed by atoms with Crippen LogP contribution in [0.15, 0.2) is 41.3 Å². The number of hydrogen-bond donors (Lipinski definition) is 2. The summed E-state index contributed by atoms with van der Waals surface area (Å²) in [6.45, 7) is 8.68. The van der Waals surface area contributed by atoms with Crippen LogP contribution in [0.3, 0.4) is 0 Å². The third kappa shape index (κ3) is 6.14. The van der Waals surface area contributed by atoms with Crippen LogP contribution in [0.5, 0.6) is 0 Å². The summed E-state index contributed by atoms with van der Waals surface area (Å²) < 4.78 is 28.6. The molecule has 0 spiro atoms. The lowest BCUT2D eigenvalue weighted by atomic mass is 10.0. The summed E-state index contributed by atoms with van der Waals surface area (Å²) in [6, 6.07) is 10.8. The van der Waals surface area contributed by atoms with Gasteiger partial charge in [0.05, 0.1) is 4.90 Å². The van der Waals surface area contributed by atoms with E-state index in [0.29, 0.717) is 11.4 Å². The number of likely N-dealkylation sites (tertiary alicyclic amines) is 1. The van der Waals surface area contributed by atoms with Gasteiger partial charge in [0.1, 0.15) is 0 Å². The van der Waals surface area contributed by atoms with Gasteiger partial charge >= 0.3 is 6.03 Å².